The van der Waals surface area contributed by atoms with Gasteiger partial charge in [0.1, 0.15) is 11.5 Å². The van der Waals surface area contributed by atoms with Gasteiger partial charge in [0.15, 0.2) is 0 Å². The Hall–Kier alpha value is -2.24. The first kappa shape index (κ1) is 17.1. The third-order valence-corrected chi connectivity index (χ3v) is 4.12. The lowest BCUT2D eigenvalue weighted by atomic mass is 10.1. The number of hydrogen-bond donors (Lipinski definition) is 0. The van der Waals surface area contributed by atoms with Crippen molar-refractivity contribution in [3.05, 3.63) is 23.8 Å². The number of carbonyl (C=O) groups is 2. The molecular weight excluding hydrogens is 296 g/mol. The first-order chi connectivity index (χ1) is 11.1. The standard InChI is InChI=1S/C17H24N2O4/c1-4-16(20)18-7-9-19(10-8-18)17(21)11-13-5-6-14(22-2)12-15(13)23-3/h5-6,12H,4,7-11H2,1-3H3. The van der Waals surface area contributed by atoms with Crippen LogP contribution >= 0.6 is 0 Å². The summed E-state index contributed by atoms with van der Waals surface area (Å²) in [5, 5.41) is 0. The summed E-state index contributed by atoms with van der Waals surface area (Å²) in [6.07, 6.45) is 0.798. The van der Waals surface area contributed by atoms with Gasteiger partial charge >= 0.3 is 0 Å². The van der Waals surface area contributed by atoms with Crippen LogP contribution in [0.4, 0.5) is 0 Å². The zero-order valence-corrected chi connectivity index (χ0v) is 14.0. The molecule has 1 aromatic carbocycles. The molecule has 0 bridgehead atoms. The normalized spacial score (nSPS) is 14.6. The Bertz CT molecular complexity index is 566. The van der Waals surface area contributed by atoms with Gasteiger partial charge in [0.05, 0.1) is 20.6 Å². The van der Waals surface area contributed by atoms with Gasteiger partial charge in [-0.1, -0.05) is 13.0 Å². The Morgan fingerprint density at radius 1 is 1.00 bits per heavy atom. The van der Waals surface area contributed by atoms with E-state index in [2.05, 4.69) is 0 Å². The molecule has 1 fully saturated rings. The zero-order valence-electron chi connectivity index (χ0n) is 14.0. The Labute approximate surface area is 137 Å². The van der Waals surface area contributed by atoms with E-state index in [1.54, 1.807) is 20.3 Å². The summed E-state index contributed by atoms with van der Waals surface area (Å²) < 4.78 is 10.5. The Morgan fingerprint density at radius 2 is 1.61 bits per heavy atom. The molecule has 23 heavy (non-hydrogen) atoms. The molecule has 0 N–H and O–H groups in total. The highest BCUT2D eigenvalue weighted by molar-refractivity contribution is 5.80. The van der Waals surface area contributed by atoms with Crippen LogP contribution in [-0.2, 0) is 16.0 Å². The van der Waals surface area contributed by atoms with Crippen molar-refractivity contribution in [2.24, 2.45) is 0 Å². The predicted molar refractivity (Wildman–Crippen MR) is 86.7 cm³/mol. The van der Waals surface area contributed by atoms with E-state index in [0.717, 1.165) is 5.56 Å². The summed E-state index contributed by atoms with van der Waals surface area (Å²) in [5.41, 5.74) is 0.838. The van der Waals surface area contributed by atoms with Gasteiger partial charge in [0, 0.05) is 44.2 Å². The fourth-order valence-electron chi connectivity index (χ4n) is 2.70. The quantitative estimate of drug-likeness (QED) is 0.821. The summed E-state index contributed by atoms with van der Waals surface area (Å²) in [6, 6.07) is 5.45. The minimum absolute atomic E-state index is 0.0528. The number of rotatable bonds is 5. The molecule has 0 aromatic heterocycles. The summed E-state index contributed by atoms with van der Waals surface area (Å²) >= 11 is 0. The lowest BCUT2D eigenvalue weighted by Crippen LogP contribution is -2.50. The molecule has 1 aliphatic heterocycles. The summed E-state index contributed by atoms with van der Waals surface area (Å²) in [7, 11) is 3.18. The van der Waals surface area contributed by atoms with Gasteiger partial charge in [-0.05, 0) is 6.07 Å². The molecule has 1 heterocycles. The molecule has 0 aliphatic carbocycles. The van der Waals surface area contributed by atoms with Crippen LogP contribution in [0, 0.1) is 0 Å². The molecule has 0 unspecified atom stereocenters. The van der Waals surface area contributed by atoms with Crippen LogP contribution < -0.4 is 9.47 Å². The van der Waals surface area contributed by atoms with Crippen molar-refractivity contribution in [1.82, 2.24) is 9.80 Å². The molecule has 1 aliphatic rings. The molecule has 6 heteroatoms. The number of amides is 2. The number of benzene rings is 1. The van der Waals surface area contributed by atoms with Crippen molar-refractivity contribution in [3.8, 4) is 11.5 Å². The van der Waals surface area contributed by atoms with Crippen molar-refractivity contribution < 1.29 is 19.1 Å². The van der Waals surface area contributed by atoms with Gasteiger partial charge in [-0.2, -0.15) is 0 Å². The second-order valence-electron chi connectivity index (χ2n) is 5.47. The van der Waals surface area contributed by atoms with E-state index >= 15 is 0 Å². The molecular formula is C17H24N2O4. The minimum Gasteiger partial charge on any atom is -0.497 e. The number of piperazine rings is 1. The van der Waals surface area contributed by atoms with E-state index in [4.69, 9.17) is 9.47 Å². The van der Waals surface area contributed by atoms with Crippen molar-refractivity contribution in [2.75, 3.05) is 40.4 Å². The maximum atomic E-state index is 12.5. The van der Waals surface area contributed by atoms with E-state index in [0.29, 0.717) is 44.1 Å². The van der Waals surface area contributed by atoms with Crippen LogP contribution in [0.3, 0.4) is 0 Å². The van der Waals surface area contributed by atoms with Crippen LogP contribution in [0.1, 0.15) is 18.9 Å². The summed E-state index contributed by atoms with van der Waals surface area (Å²) in [5.74, 6) is 1.55. The maximum absolute atomic E-state index is 12.5. The Balaban J connectivity index is 1.96. The number of methoxy groups -OCH3 is 2. The lowest BCUT2D eigenvalue weighted by molar-refractivity contribution is -0.139. The van der Waals surface area contributed by atoms with Crippen molar-refractivity contribution in [1.29, 1.82) is 0 Å². The van der Waals surface area contributed by atoms with Crippen LogP contribution in [0.25, 0.3) is 0 Å². The van der Waals surface area contributed by atoms with Gasteiger partial charge in [-0.3, -0.25) is 9.59 Å². The molecule has 0 spiro atoms. The average Bonchev–Trinajstić information content (AvgIpc) is 2.61. The fraction of sp³-hybridized carbons (Fsp3) is 0.529. The lowest BCUT2D eigenvalue weighted by Gasteiger charge is -2.34. The monoisotopic (exact) mass is 320 g/mol. The van der Waals surface area contributed by atoms with Crippen molar-refractivity contribution >= 4 is 11.8 Å². The first-order valence-corrected chi connectivity index (χ1v) is 7.85. The molecule has 0 saturated carbocycles. The van der Waals surface area contributed by atoms with Gasteiger partial charge < -0.3 is 19.3 Å². The van der Waals surface area contributed by atoms with Crippen LogP contribution in [-0.4, -0.2) is 62.0 Å². The highest BCUT2D eigenvalue weighted by Crippen LogP contribution is 2.25. The van der Waals surface area contributed by atoms with Crippen LogP contribution in [0.2, 0.25) is 0 Å². The van der Waals surface area contributed by atoms with Crippen molar-refractivity contribution in [3.63, 3.8) is 0 Å². The van der Waals surface area contributed by atoms with Gasteiger partial charge in [-0.15, -0.1) is 0 Å². The summed E-state index contributed by atoms with van der Waals surface area (Å²) in [6.45, 7) is 4.25. The van der Waals surface area contributed by atoms with E-state index in [1.165, 1.54) is 0 Å². The zero-order chi connectivity index (χ0) is 16.8. The van der Waals surface area contributed by atoms with E-state index in [9.17, 15) is 9.59 Å². The third-order valence-electron chi connectivity index (χ3n) is 4.12. The number of ether oxygens (including phenoxy) is 2. The number of nitrogens with zero attached hydrogens (tertiary/aromatic N) is 2. The average molecular weight is 320 g/mol. The topological polar surface area (TPSA) is 59.1 Å². The molecule has 0 atom stereocenters. The molecule has 1 aromatic rings. The van der Waals surface area contributed by atoms with Gasteiger partial charge in [-0.25, -0.2) is 0 Å². The minimum atomic E-state index is 0.0528. The second-order valence-corrected chi connectivity index (χ2v) is 5.47. The van der Waals surface area contributed by atoms with Gasteiger partial charge in [0.25, 0.3) is 0 Å². The van der Waals surface area contributed by atoms with Gasteiger partial charge in [0.2, 0.25) is 11.8 Å². The summed E-state index contributed by atoms with van der Waals surface area (Å²) in [4.78, 5) is 27.8. The Kier molecular flexibility index (Phi) is 5.84. The fourth-order valence-corrected chi connectivity index (χ4v) is 2.70. The van der Waals surface area contributed by atoms with E-state index in [1.807, 2.05) is 28.9 Å². The van der Waals surface area contributed by atoms with Crippen molar-refractivity contribution in [2.45, 2.75) is 19.8 Å². The number of hydrogen-bond acceptors (Lipinski definition) is 4. The maximum Gasteiger partial charge on any atom is 0.227 e. The third kappa shape index (κ3) is 4.15. The largest absolute Gasteiger partial charge is 0.497 e. The predicted octanol–water partition coefficient (Wildman–Crippen LogP) is 1.33. The SMILES string of the molecule is CCC(=O)N1CCN(C(=O)Cc2ccc(OC)cc2OC)CC1. The number of carbonyl (C=O) groups excluding carboxylic acids is 2. The smallest absolute Gasteiger partial charge is 0.227 e. The Morgan fingerprint density at radius 3 is 2.13 bits per heavy atom. The second kappa shape index (κ2) is 7.85. The molecule has 2 rings (SSSR count). The highest BCUT2D eigenvalue weighted by atomic mass is 16.5. The molecule has 126 valence electrons. The molecule has 6 nitrogen and oxygen atoms in total. The van der Waals surface area contributed by atoms with E-state index < -0.39 is 0 Å². The highest BCUT2D eigenvalue weighted by Gasteiger charge is 2.24. The first-order valence-electron chi connectivity index (χ1n) is 7.85. The molecule has 1 saturated heterocycles. The van der Waals surface area contributed by atoms with Crippen LogP contribution in [0.15, 0.2) is 18.2 Å². The molecule has 2 amide bonds. The van der Waals surface area contributed by atoms with Crippen LogP contribution in [0.5, 0.6) is 11.5 Å². The van der Waals surface area contributed by atoms with E-state index in [-0.39, 0.29) is 18.2 Å². The molecule has 0 radical (unpaired) electrons.